The predicted molar refractivity (Wildman–Crippen MR) is 81.0 cm³/mol. The van der Waals surface area contributed by atoms with Gasteiger partial charge in [0, 0.05) is 19.1 Å². The number of hydrogen-bond donors (Lipinski definition) is 3. The molecule has 2 fully saturated rings. The number of likely N-dealkylation sites (tertiary alicyclic amines) is 1. The summed E-state index contributed by atoms with van der Waals surface area (Å²) in [6.07, 6.45) is 4.12. The van der Waals surface area contributed by atoms with Gasteiger partial charge in [0.2, 0.25) is 5.91 Å². The van der Waals surface area contributed by atoms with Crippen LogP contribution in [-0.2, 0) is 4.79 Å². The van der Waals surface area contributed by atoms with Gasteiger partial charge in [0.15, 0.2) is 5.13 Å². The van der Waals surface area contributed by atoms with Crippen LogP contribution in [0.15, 0.2) is 0 Å². The van der Waals surface area contributed by atoms with Crippen LogP contribution in [0, 0.1) is 5.92 Å². The zero-order valence-corrected chi connectivity index (χ0v) is 12.5. The number of anilines is 2. The Hall–Kier alpha value is -1.83. The van der Waals surface area contributed by atoms with E-state index in [2.05, 4.69) is 10.3 Å². The molecule has 2 aliphatic rings. The van der Waals surface area contributed by atoms with Crippen molar-refractivity contribution in [3.8, 4) is 0 Å². The molecular formula is C13H19N5O2S. The average Bonchev–Trinajstić information content (AvgIpc) is 3.00. The molecule has 114 valence electrons. The number of thiazole rings is 1. The van der Waals surface area contributed by atoms with E-state index in [1.54, 1.807) is 4.90 Å². The first-order chi connectivity index (χ1) is 10.0. The summed E-state index contributed by atoms with van der Waals surface area (Å²) in [5, 5.41) is 3.99. The monoisotopic (exact) mass is 309 g/mol. The first-order valence-electron chi connectivity index (χ1n) is 7.16. The number of nitrogen functional groups attached to an aromatic ring is 1. The Morgan fingerprint density at radius 1 is 1.33 bits per heavy atom. The van der Waals surface area contributed by atoms with Gasteiger partial charge in [-0.15, -0.1) is 0 Å². The normalized spacial score (nSPS) is 22.1. The van der Waals surface area contributed by atoms with Crippen LogP contribution in [0.3, 0.4) is 0 Å². The van der Waals surface area contributed by atoms with Gasteiger partial charge in [0.05, 0.1) is 5.92 Å². The highest BCUT2D eigenvalue weighted by molar-refractivity contribution is 7.18. The minimum Gasteiger partial charge on any atom is -0.382 e. The van der Waals surface area contributed by atoms with E-state index in [0.717, 1.165) is 12.8 Å². The molecule has 0 spiro atoms. The van der Waals surface area contributed by atoms with Crippen molar-refractivity contribution in [3.63, 3.8) is 0 Å². The molecule has 1 atom stereocenters. The van der Waals surface area contributed by atoms with Crippen molar-refractivity contribution in [2.75, 3.05) is 24.1 Å². The summed E-state index contributed by atoms with van der Waals surface area (Å²) in [4.78, 5) is 29.9. The van der Waals surface area contributed by atoms with Crippen LogP contribution in [0.4, 0.5) is 10.9 Å². The molecule has 0 aromatic carbocycles. The van der Waals surface area contributed by atoms with Crippen LogP contribution >= 0.6 is 11.3 Å². The van der Waals surface area contributed by atoms with Gasteiger partial charge < -0.3 is 21.7 Å². The minimum atomic E-state index is -0.352. The van der Waals surface area contributed by atoms with Crippen LogP contribution in [0.25, 0.3) is 0 Å². The van der Waals surface area contributed by atoms with Gasteiger partial charge in [-0.1, -0.05) is 11.3 Å². The Morgan fingerprint density at radius 3 is 2.67 bits per heavy atom. The Labute approximate surface area is 126 Å². The first-order valence-corrected chi connectivity index (χ1v) is 7.97. The fourth-order valence-corrected chi connectivity index (χ4v) is 3.52. The molecule has 5 N–H and O–H groups in total. The van der Waals surface area contributed by atoms with Gasteiger partial charge in [0.25, 0.3) is 5.91 Å². The molecule has 0 bridgehead atoms. The summed E-state index contributed by atoms with van der Waals surface area (Å²) in [6.45, 7) is 0.909. The van der Waals surface area contributed by atoms with Crippen molar-refractivity contribution < 1.29 is 9.59 Å². The van der Waals surface area contributed by atoms with E-state index in [4.69, 9.17) is 11.5 Å². The summed E-state index contributed by atoms with van der Waals surface area (Å²) in [7, 11) is 0. The predicted octanol–water partition coefficient (Wildman–Crippen LogP) is 0.637. The van der Waals surface area contributed by atoms with Crippen LogP contribution in [0.1, 0.15) is 35.4 Å². The van der Waals surface area contributed by atoms with E-state index in [1.807, 2.05) is 0 Å². The molecule has 3 rings (SSSR count). The molecule has 1 saturated heterocycles. The number of hydrogen-bond acceptors (Lipinski definition) is 6. The van der Waals surface area contributed by atoms with E-state index in [1.165, 1.54) is 17.8 Å². The molecule has 1 aliphatic heterocycles. The maximum absolute atomic E-state index is 12.5. The Morgan fingerprint density at radius 2 is 2.10 bits per heavy atom. The molecule has 1 saturated carbocycles. The standard InChI is InChI=1S/C13H19N5O2S/c14-10-9(21-13(17-10)16-8-2-1-3-8)12(20)18-5-4-7(6-18)11(15)19/h7-8H,1-6,14H2,(H2,15,19)(H,16,17). The smallest absolute Gasteiger partial charge is 0.267 e. The van der Waals surface area contributed by atoms with Crippen molar-refractivity contribution in [1.29, 1.82) is 0 Å². The summed E-state index contributed by atoms with van der Waals surface area (Å²) in [6, 6.07) is 0.449. The Kier molecular flexibility index (Phi) is 3.71. The summed E-state index contributed by atoms with van der Waals surface area (Å²) in [5.74, 6) is -0.504. The Bertz CT molecular complexity index is 569. The number of nitrogens with two attached hydrogens (primary N) is 2. The highest BCUT2D eigenvalue weighted by atomic mass is 32.1. The van der Waals surface area contributed by atoms with Gasteiger partial charge in [0.1, 0.15) is 10.7 Å². The summed E-state index contributed by atoms with van der Waals surface area (Å²) in [5.41, 5.74) is 11.1. The third-order valence-corrected chi connectivity index (χ3v) is 5.15. The molecule has 7 nitrogen and oxygen atoms in total. The number of amides is 2. The number of aromatic nitrogens is 1. The lowest BCUT2D eigenvalue weighted by atomic mass is 9.93. The van der Waals surface area contributed by atoms with E-state index in [0.29, 0.717) is 35.6 Å². The van der Waals surface area contributed by atoms with Gasteiger partial charge in [-0.3, -0.25) is 9.59 Å². The quantitative estimate of drug-likeness (QED) is 0.755. The van der Waals surface area contributed by atoms with Crippen molar-refractivity contribution in [2.24, 2.45) is 11.7 Å². The maximum Gasteiger partial charge on any atom is 0.267 e. The lowest BCUT2D eigenvalue weighted by Crippen LogP contribution is -2.31. The molecule has 8 heteroatoms. The zero-order valence-electron chi connectivity index (χ0n) is 11.7. The highest BCUT2D eigenvalue weighted by Crippen LogP contribution is 2.31. The van der Waals surface area contributed by atoms with Crippen molar-refractivity contribution in [1.82, 2.24) is 9.88 Å². The number of primary amides is 1. The lowest BCUT2D eigenvalue weighted by Gasteiger charge is -2.25. The zero-order chi connectivity index (χ0) is 15.0. The number of nitrogens with zero attached hydrogens (tertiary/aromatic N) is 2. The highest BCUT2D eigenvalue weighted by Gasteiger charge is 2.32. The largest absolute Gasteiger partial charge is 0.382 e. The van der Waals surface area contributed by atoms with Crippen LogP contribution in [0.5, 0.6) is 0 Å². The third kappa shape index (κ3) is 2.80. The fourth-order valence-electron chi connectivity index (χ4n) is 2.59. The molecule has 1 aromatic rings. The fraction of sp³-hybridized carbons (Fsp3) is 0.615. The lowest BCUT2D eigenvalue weighted by molar-refractivity contribution is -0.121. The van der Waals surface area contributed by atoms with Crippen molar-refractivity contribution in [3.05, 3.63) is 4.88 Å². The summed E-state index contributed by atoms with van der Waals surface area (Å²) >= 11 is 1.29. The summed E-state index contributed by atoms with van der Waals surface area (Å²) < 4.78 is 0. The van der Waals surface area contributed by atoms with Crippen LogP contribution < -0.4 is 16.8 Å². The topological polar surface area (TPSA) is 114 Å². The van der Waals surface area contributed by atoms with Crippen molar-refractivity contribution >= 4 is 34.1 Å². The van der Waals surface area contributed by atoms with Crippen molar-refractivity contribution in [2.45, 2.75) is 31.7 Å². The van der Waals surface area contributed by atoms with Crippen LogP contribution in [-0.4, -0.2) is 40.8 Å². The second-order valence-electron chi connectivity index (χ2n) is 5.64. The van der Waals surface area contributed by atoms with E-state index < -0.39 is 0 Å². The first kappa shape index (κ1) is 14.1. The van der Waals surface area contributed by atoms with Gasteiger partial charge in [-0.05, 0) is 25.7 Å². The van der Waals surface area contributed by atoms with Crippen LogP contribution in [0.2, 0.25) is 0 Å². The molecule has 1 aromatic heterocycles. The molecule has 1 aliphatic carbocycles. The van der Waals surface area contributed by atoms with Gasteiger partial charge >= 0.3 is 0 Å². The Balaban J connectivity index is 1.68. The number of carbonyl (C=O) groups is 2. The molecule has 2 heterocycles. The molecule has 2 amide bonds. The molecule has 21 heavy (non-hydrogen) atoms. The molecule has 1 unspecified atom stereocenters. The minimum absolute atomic E-state index is 0.157. The number of nitrogens with one attached hydrogen (secondary N) is 1. The number of carbonyl (C=O) groups excluding carboxylic acids is 2. The second kappa shape index (κ2) is 5.51. The molecule has 0 radical (unpaired) electrons. The number of rotatable bonds is 4. The molecular weight excluding hydrogens is 290 g/mol. The van der Waals surface area contributed by atoms with Gasteiger partial charge in [-0.25, -0.2) is 4.98 Å². The van der Waals surface area contributed by atoms with E-state index in [9.17, 15) is 9.59 Å². The average molecular weight is 309 g/mol. The van der Waals surface area contributed by atoms with E-state index in [-0.39, 0.29) is 23.6 Å². The SMILES string of the molecule is NC(=O)C1CCN(C(=O)c2sc(NC3CCC3)nc2N)C1. The third-order valence-electron chi connectivity index (χ3n) is 4.16. The van der Waals surface area contributed by atoms with Gasteiger partial charge in [-0.2, -0.15) is 0 Å². The van der Waals surface area contributed by atoms with E-state index >= 15 is 0 Å². The maximum atomic E-state index is 12.5. The second-order valence-corrected chi connectivity index (χ2v) is 6.64.